The predicted octanol–water partition coefficient (Wildman–Crippen LogP) is 2.26. The Morgan fingerprint density at radius 3 is 2.34 bits per heavy atom. The van der Waals surface area contributed by atoms with E-state index >= 15 is 0 Å². The number of para-hydroxylation sites is 1. The van der Waals surface area contributed by atoms with E-state index in [2.05, 4.69) is 28.9 Å². The largest absolute Gasteiger partial charge is 0.462 e. The molecule has 2 heterocycles. The van der Waals surface area contributed by atoms with E-state index < -0.39 is 47.7 Å². The molecule has 1 aromatic carbocycles. The van der Waals surface area contributed by atoms with Gasteiger partial charge in [0.2, 0.25) is 0 Å². The van der Waals surface area contributed by atoms with Gasteiger partial charge in [-0.25, -0.2) is 0 Å². The fourth-order valence-corrected chi connectivity index (χ4v) is 7.89. The third-order valence-corrected chi connectivity index (χ3v) is 9.50. The molecule has 9 atom stereocenters. The van der Waals surface area contributed by atoms with Gasteiger partial charge in [0, 0.05) is 75.9 Å². The quantitative estimate of drug-likeness (QED) is 0.455. The number of carbonyl (C=O) groups excluding carboxylic acids is 3. The number of nitrogens with zero attached hydrogens (tertiary/aromatic N) is 2. The number of ether oxygens (including phenoxy) is 3. The van der Waals surface area contributed by atoms with Gasteiger partial charge in [0.25, 0.3) is 0 Å². The first-order valence-electron chi connectivity index (χ1n) is 13.8. The monoisotopic (exact) mass is 528 g/mol. The average Bonchev–Trinajstić information content (AvgIpc) is 3.26. The second kappa shape index (κ2) is 10.5. The maximum atomic E-state index is 13.3. The summed E-state index contributed by atoms with van der Waals surface area (Å²) in [4.78, 5) is 42.2. The van der Waals surface area contributed by atoms with Gasteiger partial charge < -0.3 is 24.2 Å². The summed E-state index contributed by atoms with van der Waals surface area (Å²) in [5.74, 6) is -2.23. The van der Waals surface area contributed by atoms with E-state index in [4.69, 9.17) is 14.2 Å². The van der Waals surface area contributed by atoms with Crippen molar-refractivity contribution < 1.29 is 33.7 Å². The van der Waals surface area contributed by atoms with Crippen LogP contribution in [0.5, 0.6) is 0 Å². The van der Waals surface area contributed by atoms with Crippen LogP contribution in [-0.4, -0.2) is 85.1 Å². The van der Waals surface area contributed by atoms with Crippen molar-refractivity contribution in [1.82, 2.24) is 4.90 Å². The number of rotatable bonds is 5. The number of piperazine rings is 1. The second-order valence-corrected chi connectivity index (χ2v) is 11.8. The molecule has 0 radical (unpaired) electrons. The Morgan fingerprint density at radius 1 is 1.05 bits per heavy atom. The lowest BCUT2D eigenvalue weighted by Gasteiger charge is -2.44. The lowest BCUT2D eigenvalue weighted by Crippen LogP contribution is -2.54. The van der Waals surface area contributed by atoms with Gasteiger partial charge in [-0.2, -0.15) is 0 Å². The van der Waals surface area contributed by atoms with Gasteiger partial charge >= 0.3 is 17.9 Å². The summed E-state index contributed by atoms with van der Waals surface area (Å²) in [5.41, 5.74) is 0.305. The topological polar surface area (TPSA) is 106 Å². The van der Waals surface area contributed by atoms with Crippen molar-refractivity contribution in [3.05, 3.63) is 30.3 Å². The Balaban J connectivity index is 1.40. The molecule has 0 amide bonds. The molecule has 0 aromatic heterocycles. The lowest BCUT2D eigenvalue weighted by molar-refractivity contribution is -0.174. The molecule has 38 heavy (non-hydrogen) atoms. The van der Waals surface area contributed by atoms with Gasteiger partial charge in [-0.1, -0.05) is 32.0 Å². The van der Waals surface area contributed by atoms with Crippen LogP contribution in [-0.2, 0) is 28.6 Å². The molecule has 4 fully saturated rings. The fraction of sp³-hybridized carbons (Fsp3) is 0.690. The highest BCUT2D eigenvalue weighted by Crippen LogP contribution is 2.59. The second-order valence-electron chi connectivity index (χ2n) is 11.8. The minimum absolute atomic E-state index is 0.0180. The number of esters is 3. The molecule has 0 spiro atoms. The van der Waals surface area contributed by atoms with E-state index in [0.29, 0.717) is 13.0 Å². The van der Waals surface area contributed by atoms with E-state index in [0.717, 1.165) is 26.2 Å². The molecule has 0 bridgehead atoms. The van der Waals surface area contributed by atoms with Crippen LogP contribution in [0.2, 0.25) is 0 Å². The molecule has 2 aliphatic heterocycles. The van der Waals surface area contributed by atoms with Gasteiger partial charge in [-0.3, -0.25) is 19.3 Å². The Kier molecular flexibility index (Phi) is 7.44. The van der Waals surface area contributed by atoms with Crippen molar-refractivity contribution in [3.8, 4) is 0 Å². The first-order chi connectivity index (χ1) is 18.1. The van der Waals surface area contributed by atoms with E-state index in [1.807, 2.05) is 25.1 Å². The summed E-state index contributed by atoms with van der Waals surface area (Å²) in [6, 6.07) is 10.3. The summed E-state index contributed by atoms with van der Waals surface area (Å²) >= 11 is 0. The number of hydrogen-bond acceptors (Lipinski definition) is 9. The Bertz CT molecular complexity index is 1040. The molecular formula is C29H40N2O7. The van der Waals surface area contributed by atoms with E-state index in [-0.39, 0.29) is 30.1 Å². The van der Waals surface area contributed by atoms with Gasteiger partial charge in [0.05, 0.1) is 12.0 Å². The molecule has 9 unspecified atom stereocenters. The Hall–Kier alpha value is -2.65. The number of aliphatic hydroxyl groups is 1. The maximum Gasteiger partial charge on any atom is 0.311 e. The highest BCUT2D eigenvalue weighted by Gasteiger charge is 2.67. The predicted molar refractivity (Wildman–Crippen MR) is 139 cm³/mol. The molecule has 2 saturated carbocycles. The zero-order valence-corrected chi connectivity index (χ0v) is 22.7. The van der Waals surface area contributed by atoms with Crippen LogP contribution in [0.3, 0.4) is 0 Å². The van der Waals surface area contributed by atoms with Crippen LogP contribution in [0.25, 0.3) is 0 Å². The standard InChI is InChI=1S/C29H40N2O7/c1-17-14-22-25(27(37-19(3)33)29(4)24(34)15-23(26(17)29)36-18(2)32)21(28(35)38-22)16-30-10-12-31(13-11-30)20-8-6-5-7-9-20/h5-9,17,21-27,34H,10-16H2,1-4H3. The lowest BCUT2D eigenvalue weighted by atomic mass is 9.66. The smallest absolute Gasteiger partial charge is 0.311 e. The first-order valence-corrected chi connectivity index (χ1v) is 13.8. The number of fused-ring (bicyclic) bond motifs is 2. The average molecular weight is 529 g/mol. The zero-order valence-electron chi connectivity index (χ0n) is 22.7. The summed E-state index contributed by atoms with van der Waals surface area (Å²) in [5, 5.41) is 11.4. The van der Waals surface area contributed by atoms with Crippen LogP contribution in [0.4, 0.5) is 5.69 Å². The third kappa shape index (κ3) is 4.79. The third-order valence-electron chi connectivity index (χ3n) is 9.50. The zero-order chi connectivity index (χ0) is 27.2. The van der Waals surface area contributed by atoms with Gasteiger partial charge in [-0.15, -0.1) is 0 Å². The van der Waals surface area contributed by atoms with Crippen molar-refractivity contribution in [3.63, 3.8) is 0 Å². The maximum absolute atomic E-state index is 13.3. The van der Waals surface area contributed by atoms with Gasteiger partial charge in [0.1, 0.15) is 18.3 Å². The highest BCUT2D eigenvalue weighted by atomic mass is 16.6. The minimum Gasteiger partial charge on any atom is -0.462 e. The Morgan fingerprint density at radius 2 is 1.71 bits per heavy atom. The molecule has 2 aliphatic carbocycles. The molecule has 1 aromatic rings. The van der Waals surface area contributed by atoms with Crippen molar-refractivity contribution in [2.45, 2.75) is 65.0 Å². The van der Waals surface area contributed by atoms with Crippen molar-refractivity contribution in [1.29, 1.82) is 0 Å². The van der Waals surface area contributed by atoms with Crippen LogP contribution >= 0.6 is 0 Å². The summed E-state index contributed by atoms with van der Waals surface area (Å²) in [7, 11) is 0. The molecule has 9 heteroatoms. The van der Waals surface area contributed by atoms with E-state index in [9.17, 15) is 19.5 Å². The highest BCUT2D eigenvalue weighted by molar-refractivity contribution is 5.76. The van der Waals surface area contributed by atoms with Gasteiger partial charge in [-0.05, 0) is 24.5 Å². The summed E-state index contributed by atoms with van der Waals surface area (Å²) in [6.07, 6.45) is -1.66. The van der Waals surface area contributed by atoms with Crippen molar-refractivity contribution in [2.24, 2.45) is 29.1 Å². The normalized spacial score (nSPS) is 39.1. The molecule has 4 aliphatic rings. The SMILES string of the molecule is CC(=O)OC1CC(O)C2(C)C(OC(C)=O)C3C(CC(C)C12)OC(=O)C3CN1CCN(c2ccccc2)CC1. The Labute approximate surface area is 224 Å². The fourth-order valence-electron chi connectivity index (χ4n) is 7.89. The van der Waals surface area contributed by atoms with E-state index in [1.54, 1.807) is 0 Å². The number of carbonyl (C=O) groups is 3. The van der Waals surface area contributed by atoms with Crippen molar-refractivity contribution >= 4 is 23.6 Å². The molecule has 5 rings (SSSR count). The summed E-state index contributed by atoms with van der Waals surface area (Å²) in [6.45, 7) is 10.5. The number of benzene rings is 1. The molecule has 1 N–H and O–H groups in total. The molecule has 2 saturated heterocycles. The van der Waals surface area contributed by atoms with Crippen LogP contribution in [0, 0.1) is 29.1 Å². The molecule has 208 valence electrons. The first kappa shape index (κ1) is 26.9. The van der Waals surface area contributed by atoms with E-state index in [1.165, 1.54) is 19.5 Å². The minimum atomic E-state index is -0.886. The summed E-state index contributed by atoms with van der Waals surface area (Å²) < 4.78 is 17.7. The number of aliphatic hydroxyl groups excluding tert-OH is 1. The van der Waals surface area contributed by atoms with Crippen LogP contribution < -0.4 is 4.90 Å². The van der Waals surface area contributed by atoms with Crippen molar-refractivity contribution in [2.75, 3.05) is 37.6 Å². The molecular weight excluding hydrogens is 488 g/mol. The van der Waals surface area contributed by atoms with Gasteiger partial charge in [0.15, 0.2) is 0 Å². The van der Waals surface area contributed by atoms with Crippen LogP contribution in [0.15, 0.2) is 30.3 Å². The number of hydrogen-bond donors (Lipinski definition) is 1. The van der Waals surface area contributed by atoms with Crippen LogP contribution in [0.1, 0.15) is 40.5 Å². The molecule has 9 nitrogen and oxygen atoms in total. The number of anilines is 1.